The Labute approximate surface area is 144 Å². The van der Waals surface area contributed by atoms with Crippen LogP contribution in [0, 0.1) is 11.3 Å². The number of ether oxygens (including phenoxy) is 3. The van der Waals surface area contributed by atoms with Gasteiger partial charge in [-0.1, -0.05) is 5.16 Å². The van der Waals surface area contributed by atoms with E-state index in [2.05, 4.69) is 16.2 Å². The van der Waals surface area contributed by atoms with Crippen molar-refractivity contribution in [1.82, 2.24) is 10.1 Å². The van der Waals surface area contributed by atoms with Crippen molar-refractivity contribution in [3.05, 3.63) is 53.9 Å². The Bertz CT molecular complexity index is 897. The van der Waals surface area contributed by atoms with E-state index in [1.54, 1.807) is 50.6 Å². The lowest BCUT2D eigenvalue weighted by Gasteiger charge is -2.07. The van der Waals surface area contributed by atoms with Crippen LogP contribution in [0.15, 0.2) is 47.0 Å². The summed E-state index contributed by atoms with van der Waals surface area (Å²) in [6.45, 7) is 0.131. The van der Waals surface area contributed by atoms with Gasteiger partial charge in [-0.3, -0.25) is 0 Å². The lowest BCUT2D eigenvalue weighted by Crippen LogP contribution is -1.96. The quantitative estimate of drug-likeness (QED) is 0.682. The standard InChI is InChI=1S/C18H15N3O4/c1-22-15-8-5-13(9-16(15)23-2)18-20-17(25-21-18)11-24-14-6-3-12(10-19)4-7-14/h3-9H,11H2,1-2H3. The van der Waals surface area contributed by atoms with Crippen molar-refractivity contribution in [2.24, 2.45) is 0 Å². The molecule has 0 saturated heterocycles. The summed E-state index contributed by atoms with van der Waals surface area (Å²) in [5.74, 6) is 2.60. The molecule has 0 saturated carbocycles. The van der Waals surface area contributed by atoms with Gasteiger partial charge in [0.1, 0.15) is 5.75 Å². The Kier molecular flexibility index (Phi) is 4.81. The summed E-state index contributed by atoms with van der Waals surface area (Å²) in [4.78, 5) is 4.31. The van der Waals surface area contributed by atoms with Crippen molar-refractivity contribution >= 4 is 0 Å². The molecule has 0 aliphatic rings. The summed E-state index contributed by atoms with van der Waals surface area (Å²) in [6, 6.07) is 14.2. The fraction of sp³-hybridized carbons (Fsp3) is 0.167. The minimum atomic E-state index is 0.131. The largest absolute Gasteiger partial charge is 0.493 e. The van der Waals surface area contributed by atoms with Gasteiger partial charge in [0, 0.05) is 5.56 Å². The van der Waals surface area contributed by atoms with Gasteiger partial charge in [-0.2, -0.15) is 10.2 Å². The normalized spacial score (nSPS) is 10.1. The van der Waals surface area contributed by atoms with Crippen molar-refractivity contribution in [3.63, 3.8) is 0 Å². The van der Waals surface area contributed by atoms with Gasteiger partial charge in [-0.25, -0.2) is 0 Å². The van der Waals surface area contributed by atoms with E-state index in [0.717, 1.165) is 5.56 Å². The SMILES string of the molecule is COc1ccc(-c2noc(COc3ccc(C#N)cc3)n2)cc1OC. The second kappa shape index (κ2) is 7.36. The molecule has 7 heteroatoms. The summed E-state index contributed by atoms with van der Waals surface area (Å²) >= 11 is 0. The first kappa shape index (κ1) is 16.3. The topological polar surface area (TPSA) is 90.4 Å². The molecule has 2 aromatic carbocycles. The summed E-state index contributed by atoms with van der Waals surface area (Å²) < 4.78 is 21.3. The molecule has 0 aliphatic carbocycles. The number of nitrogens with zero attached hydrogens (tertiary/aromatic N) is 3. The predicted octanol–water partition coefficient (Wildman–Crippen LogP) is 3.20. The number of aromatic nitrogens is 2. The highest BCUT2D eigenvalue weighted by atomic mass is 16.5. The molecular weight excluding hydrogens is 322 g/mol. The number of rotatable bonds is 6. The van der Waals surface area contributed by atoms with Crippen LogP contribution in [0.1, 0.15) is 11.5 Å². The zero-order valence-electron chi connectivity index (χ0n) is 13.7. The van der Waals surface area contributed by atoms with E-state index in [9.17, 15) is 0 Å². The molecule has 3 rings (SSSR count). The molecule has 1 heterocycles. The van der Waals surface area contributed by atoms with E-state index in [4.69, 9.17) is 24.0 Å². The smallest absolute Gasteiger partial charge is 0.264 e. The minimum Gasteiger partial charge on any atom is -0.493 e. The van der Waals surface area contributed by atoms with Crippen LogP contribution in [0.2, 0.25) is 0 Å². The molecule has 25 heavy (non-hydrogen) atoms. The van der Waals surface area contributed by atoms with Crippen LogP contribution in [0.3, 0.4) is 0 Å². The number of nitriles is 1. The van der Waals surface area contributed by atoms with Crippen LogP contribution in [0.4, 0.5) is 0 Å². The van der Waals surface area contributed by atoms with Crippen LogP contribution in [0.5, 0.6) is 17.2 Å². The molecule has 0 bridgehead atoms. The Morgan fingerprint density at radius 1 is 1.04 bits per heavy atom. The van der Waals surface area contributed by atoms with E-state index >= 15 is 0 Å². The Balaban J connectivity index is 1.70. The van der Waals surface area contributed by atoms with Crippen molar-refractivity contribution in [2.45, 2.75) is 6.61 Å². The zero-order chi connectivity index (χ0) is 17.6. The average Bonchev–Trinajstić information content (AvgIpc) is 3.15. The van der Waals surface area contributed by atoms with Crippen LogP contribution >= 0.6 is 0 Å². The molecule has 0 amide bonds. The van der Waals surface area contributed by atoms with Crippen LogP contribution in [-0.2, 0) is 6.61 Å². The summed E-state index contributed by atoms with van der Waals surface area (Å²) in [5, 5.41) is 12.7. The zero-order valence-corrected chi connectivity index (χ0v) is 13.7. The Morgan fingerprint density at radius 2 is 1.80 bits per heavy atom. The second-order valence-electron chi connectivity index (χ2n) is 5.01. The third-order valence-corrected chi connectivity index (χ3v) is 3.46. The number of hydrogen-bond acceptors (Lipinski definition) is 7. The highest BCUT2D eigenvalue weighted by molar-refractivity contribution is 5.60. The fourth-order valence-electron chi connectivity index (χ4n) is 2.18. The molecule has 0 radical (unpaired) electrons. The van der Waals surface area contributed by atoms with Gasteiger partial charge in [0.25, 0.3) is 5.89 Å². The van der Waals surface area contributed by atoms with E-state index in [-0.39, 0.29) is 6.61 Å². The van der Waals surface area contributed by atoms with E-state index in [1.807, 2.05) is 6.07 Å². The Hall–Kier alpha value is -3.53. The maximum Gasteiger partial charge on any atom is 0.264 e. The van der Waals surface area contributed by atoms with Gasteiger partial charge in [0.2, 0.25) is 5.82 Å². The number of benzene rings is 2. The predicted molar refractivity (Wildman–Crippen MR) is 88.3 cm³/mol. The van der Waals surface area contributed by atoms with Gasteiger partial charge >= 0.3 is 0 Å². The van der Waals surface area contributed by atoms with E-state index in [0.29, 0.717) is 34.5 Å². The summed E-state index contributed by atoms with van der Waals surface area (Å²) in [5.41, 5.74) is 1.31. The van der Waals surface area contributed by atoms with Gasteiger partial charge < -0.3 is 18.7 Å². The van der Waals surface area contributed by atoms with Crippen LogP contribution in [0.25, 0.3) is 11.4 Å². The fourth-order valence-corrected chi connectivity index (χ4v) is 2.18. The van der Waals surface area contributed by atoms with Crippen molar-refractivity contribution in [2.75, 3.05) is 14.2 Å². The van der Waals surface area contributed by atoms with Gasteiger partial charge in [0.15, 0.2) is 18.1 Å². The van der Waals surface area contributed by atoms with Crippen LogP contribution in [-0.4, -0.2) is 24.4 Å². The average molecular weight is 337 g/mol. The first-order valence-electron chi connectivity index (χ1n) is 7.41. The molecule has 0 N–H and O–H groups in total. The third kappa shape index (κ3) is 3.70. The number of hydrogen-bond donors (Lipinski definition) is 0. The van der Waals surface area contributed by atoms with Gasteiger partial charge in [-0.15, -0.1) is 0 Å². The molecule has 126 valence electrons. The lowest BCUT2D eigenvalue weighted by molar-refractivity contribution is 0.243. The van der Waals surface area contributed by atoms with E-state index in [1.165, 1.54) is 0 Å². The van der Waals surface area contributed by atoms with Gasteiger partial charge in [0.05, 0.1) is 25.9 Å². The first-order chi connectivity index (χ1) is 12.2. The first-order valence-corrected chi connectivity index (χ1v) is 7.41. The molecule has 3 aromatic rings. The highest BCUT2D eigenvalue weighted by Gasteiger charge is 2.12. The van der Waals surface area contributed by atoms with E-state index < -0.39 is 0 Å². The van der Waals surface area contributed by atoms with Gasteiger partial charge in [-0.05, 0) is 42.5 Å². The summed E-state index contributed by atoms with van der Waals surface area (Å²) in [7, 11) is 3.14. The monoisotopic (exact) mass is 337 g/mol. The van der Waals surface area contributed by atoms with Crippen LogP contribution < -0.4 is 14.2 Å². The van der Waals surface area contributed by atoms with Crippen molar-refractivity contribution < 1.29 is 18.7 Å². The maximum atomic E-state index is 8.78. The molecule has 1 aromatic heterocycles. The molecule has 0 atom stereocenters. The molecule has 0 unspecified atom stereocenters. The van der Waals surface area contributed by atoms with Crippen molar-refractivity contribution in [3.8, 4) is 34.7 Å². The maximum absolute atomic E-state index is 8.78. The Morgan fingerprint density at radius 3 is 2.48 bits per heavy atom. The molecule has 0 spiro atoms. The highest BCUT2D eigenvalue weighted by Crippen LogP contribution is 2.31. The molecular formula is C18H15N3O4. The summed E-state index contributed by atoms with van der Waals surface area (Å²) in [6.07, 6.45) is 0. The molecule has 7 nitrogen and oxygen atoms in total. The second-order valence-corrected chi connectivity index (χ2v) is 5.01. The third-order valence-electron chi connectivity index (χ3n) is 3.46. The lowest BCUT2D eigenvalue weighted by atomic mass is 10.2. The number of methoxy groups -OCH3 is 2. The molecule has 0 fully saturated rings. The molecule has 0 aliphatic heterocycles. The minimum absolute atomic E-state index is 0.131. The van der Waals surface area contributed by atoms with Crippen molar-refractivity contribution in [1.29, 1.82) is 5.26 Å².